The molecule has 148 valence electrons. The summed E-state index contributed by atoms with van der Waals surface area (Å²) in [6, 6.07) is 13.9. The molecule has 6 heteroatoms. The first-order valence-corrected chi connectivity index (χ1v) is 9.80. The van der Waals surface area contributed by atoms with Crippen LogP contribution in [0.5, 0.6) is 0 Å². The number of pyridine rings is 1. The largest absolute Gasteiger partial charge is 0.335 e. The standard InChI is InChI=1S/C22H28N4O2/c1-17(27)24-21-9-8-19(16-23-21)22(28)26(20-11-13-25(2)14-12-20)15-10-18-6-4-3-5-7-18/h3-9,16,20H,10-15H2,1-2H3,(H,23,24,27). The first kappa shape index (κ1) is 20.0. The van der Waals surface area contributed by atoms with Crippen molar-refractivity contribution in [2.75, 3.05) is 32.0 Å². The molecular formula is C22H28N4O2. The highest BCUT2D eigenvalue weighted by molar-refractivity contribution is 5.95. The third kappa shape index (κ3) is 5.39. The van der Waals surface area contributed by atoms with Crippen LogP contribution in [0.4, 0.5) is 5.82 Å². The minimum absolute atomic E-state index is 0.00681. The number of benzene rings is 1. The van der Waals surface area contributed by atoms with Crippen LogP contribution in [0.2, 0.25) is 0 Å². The number of hydrogen-bond acceptors (Lipinski definition) is 4. The minimum Gasteiger partial charge on any atom is -0.335 e. The van der Waals surface area contributed by atoms with Crippen molar-refractivity contribution >= 4 is 17.6 Å². The van der Waals surface area contributed by atoms with Crippen LogP contribution >= 0.6 is 0 Å². The molecule has 2 aromatic rings. The molecule has 6 nitrogen and oxygen atoms in total. The van der Waals surface area contributed by atoms with E-state index in [1.54, 1.807) is 18.3 Å². The van der Waals surface area contributed by atoms with Gasteiger partial charge in [0.15, 0.2) is 0 Å². The number of nitrogens with zero attached hydrogens (tertiary/aromatic N) is 3. The minimum atomic E-state index is -0.178. The Balaban J connectivity index is 1.74. The van der Waals surface area contributed by atoms with Crippen molar-refractivity contribution in [1.29, 1.82) is 0 Å². The number of amides is 2. The van der Waals surface area contributed by atoms with Gasteiger partial charge >= 0.3 is 0 Å². The second-order valence-electron chi connectivity index (χ2n) is 7.38. The number of piperidine rings is 1. The maximum absolute atomic E-state index is 13.3. The molecule has 0 radical (unpaired) electrons. The van der Waals surface area contributed by atoms with Gasteiger partial charge in [0.25, 0.3) is 5.91 Å². The van der Waals surface area contributed by atoms with E-state index in [1.807, 2.05) is 23.1 Å². The van der Waals surface area contributed by atoms with Crippen LogP contribution in [0, 0.1) is 0 Å². The first-order chi connectivity index (χ1) is 13.5. The molecule has 0 saturated carbocycles. The maximum Gasteiger partial charge on any atom is 0.255 e. The van der Waals surface area contributed by atoms with E-state index in [9.17, 15) is 9.59 Å². The zero-order chi connectivity index (χ0) is 19.9. The average Bonchev–Trinajstić information content (AvgIpc) is 2.70. The lowest BCUT2D eigenvalue weighted by molar-refractivity contribution is -0.114. The van der Waals surface area contributed by atoms with Crippen LogP contribution in [-0.2, 0) is 11.2 Å². The van der Waals surface area contributed by atoms with Crippen LogP contribution in [0.1, 0.15) is 35.7 Å². The van der Waals surface area contributed by atoms with Gasteiger partial charge in [-0.2, -0.15) is 0 Å². The van der Waals surface area contributed by atoms with E-state index >= 15 is 0 Å². The van der Waals surface area contributed by atoms with Crippen molar-refractivity contribution in [3.63, 3.8) is 0 Å². The molecule has 0 spiro atoms. The van der Waals surface area contributed by atoms with Crippen LogP contribution in [-0.4, -0.2) is 59.3 Å². The van der Waals surface area contributed by atoms with Gasteiger partial charge in [0, 0.05) is 25.7 Å². The number of anilines is 1. The summed E-state index contributed by atoms with van der Waals surface area (Å²) < 4.78 is 0. The molecule has 1 aliphatic heterocycles. The van der Waals surface area contributed by atoms with Gasteiger partial charge in [-0.15, -0.1) is 0 Å². The van der Waals surface area contributed by atoms with Gasteiger partial charge in [0.1, 0.15) is 5.82 Å². The quantitative estimate of drug-likeness (QED) is 0.837. The highest BCUT2D eigenvalue weighted by Gasteiger charge is 2.27. The predicted molar refractivity (Wildman–Crippen MR) is 110 cm³/mol. The van der Waals surface area contributed by atoms with Gasteiger partial charge in [0.05, 0.1) is 5.56 Å². The highest BCUT2D eigenvalue weighted by atomic mass is 16.2. The second kappa shape index (κ2) is 9.46. The van der Waals surface area contributed by atoms with Gasteiger partial charge in [-0.25, -0.2) is 4.98 Å². The van der Waals surface area contributed by atoms with E-state index in [0.717, 1.165) is 32.4 Å². The molecule has 0 unspecified atom stereocenters. The Kier molecular flexibility index (Phi) is 6.76. The van der Waals surface area contributed by atoms with Gasteiger partial charge < -0.3 is 15.1 Å². The number of nitrogens with one attached hydrogen (secondary N) is 1. The van der Waals surface area contributed by atoms with E-state index < -0.39 is 0 Å². The molecule has 28 heavy (non-hydrogen) atoms. The summed E-state index contributed by atoms with van der Waals surface area (Å²) in [7, 11) is 2.12. The van der Waals surface area contributed by atoms with Crippen molar-refractivity contribution in [2.45, 2.75) is 32.2 Å². The van der Waals surface area contributed by atoms with E-state index in [-0.39, 0.29) is 17.9 Å². The molecule has 3 rings (SSSR count). The number of carbonyl (C=O) groups excluding carboxylic acids is 2. The van der Waals surface area contributed by atoms with Crippen molar-refractivity contribution in [1.82, 2.24) is 14.8 Å². The molecule has 1 aliphatic rings. The summed E-state index contributed by atoms with van der Waals surface area (Å²) in [5, 5.41) is 2.63. The SMILES string of the molecule is CC(=O)Nc1ccc(C(=O)N(CCc2ccccc2)C2CCN(C)CC2)cn1. The lowest BCUT2D eigenvalue weighted by Crippen LogP contribution is -2.47. The maximum atomic E-state index is 13.3. The summed E-state index contributed by atoms with van der Waals surface area (Å²) >= 11 is 0. The third-order valence-electron chi connectivity index (χ3n) is 5.19. The van der Waals surface area contributed by atoms with Crippen molar-refractivity contribution in [3.05, 3.63) is 59.8 Å². The third-order valence-corrected chi connectivity index (χ3v) is 5.19. The Morgan fingerprint density at radius 2 is 1.86 bits per heavy atom. The molecular weight excluding hydrogens is 352 g/mol. The van der Waals surface area contributed by atoms with Crippen LogP contribution in [0.15, 0.2) is 48.7 Å². The molecule has 0 aliphatic carbocycles. The fourth-order valence-electron chi connectivity index (χ4n) is 3.59. The van der Waals surface area contributed by atoms with E-state index in [1.165, 1.54) is 12.5 Å². The highest BCUT2D eigenvalue weighted by Crippen LogP contribution is 2.19. The number of rotatable bonds is 6. The Hall–Kier alpha value is -2.73. The Morgan fingerprint density at radius 3 is 2.46 bits per heavy atom. The zero-order valence-electron chi connectivity index (χ0n) is 16.6. The van der Waals surface area contributed by atoms with E-state index in [0.29, 0.717) is 17.9 Å². The lowest BCUT2D eigenvalue weighted by atomic mass is 10.0. The van der Waals surface area contributed by atoms with E-state index in [4.69, 9.17) is 0 Å². The summed E-state index contributed by atoms with van der Waals surface area (Å²) in [6.07, 6.45) is 4.34. The molecule has 1 N–H and O–H groups in total. The van der Waals surface area contributed by atoms with Crippen LogP contribution in [0.3, 0.4) is 0 Å². The fourth-order valence-corrected chi connectivity index (χ4v) is 3.59. The first-order valence-electron chi connectivity index (χ1n) is 9.80. The fraction of sp³-hybridized carbons (Fsp3) is 0.409. The topological polar surface area (TPSA) is 65.5 Å². The molecule has 0 bridgehead atoms. The Morgan fingerprint density at radius 1 is 1.14 bits per heavy atom. The zero-order valence-corrected chi connectivity index (χ0v) is 16.6. The Labute approximate surface area is 166 Å². The normalized spacial score (nSPS) is 15.2. The smallest absolute Gasteiger partial charge is 0.255 e. The summed E-state index contributed by atoms with van der Waals surface area (Å²) in [6.45, 7) is 4.12. The predicted octanol–water partition coefficient (Wildman–Crippen LogP) is 2.82. The molecule has 1 aromatic carbocycles. The molecule has 2 heterocycles. The average molecular weight is 380 g/mol. The van der Waals surface area contributed by atoms with Gasteiger partial charge in [-0.1, -0.05) is 30.3 Å². The van der Waals surface area contributed by atoms with Gasteiger partial charge in [-0.3, -0.25) is 9.59 Å². The Bertz CT molecular complexity index is 784. The van der Waals surface area contributed by atoms with Crippen LogP contribution < -0.4 is 5.32 Å². The van der Waals surface area contributed by atoms with E-state index in [2.05, 4.69) is 34.4 Å². The van der Waals surface area contributed by atoms with Gasteiger partial charge in [0.2, 0.25) is 5.91 Å². The van der Waals surface area contributed by atoms with Crippen molar-refractivity contribution in [3.8, 4) is 0 Å². The molecule has 1 fully saturated rings. The lowest BCUT2D eigenvalue weighted by Gasteiger charge is -2.37. The van der Waals surface area contributed by atoms with Crippen molar-refractivity contribution in [2.24, 2.45) is 0 Å². The number of hydrogen-bond donors (Lipinski definition) is 1. The van der Waals surface area contributed by atoms with Crippen LogP contribution in [0.25, 0.3) is 0 Å². The number of likely N-dealkylation sites (tertiary alicyclic amines) is 1. The van der Waals surface area contributed by atoms with Gasteiger partial charge in [-0.05, 0) is 57.1 Å². The summed E-state index contributed by atoms with van der Waals surface area (Å²) in [4.78, 5) is 33.0. The molecule has 1 saturated heterocycles. The second-order valence-corrected chi connectivity index (χ2v) is 7.38. The van der Waals surface area contributed by atoms with Crippen molar-refractivity contribution < 1.29 is 9.59 Å². The summed E-state index contributed by atoms with van der Waals surface area (Å²) in [5.41, 5.74) is 1.79. The molecule has 0 atom stereocenters. The molecule has 2 amide bonds. The number of carbonyl (C=O) groups is 2. The summed E-state index contributed by atoms with van der Waals surface area (Å²) in [5.74, 6) is 0.286. The molecule has 1 aromatic heterocycles. The number of aromatic nitrogens is 1. The monoisotopic (exact) mass is 380 g/mol.